The lowest BCUT2D eigenvalue weighted by Gasteiger charge is -2.20. The van der Waals surface area contributed by atoms with Crippen LogP contribution in [0.15, 0.2) is 18.2 Å². The van der Waals surface area contributed by atoms with Crippen LogP contribution >= 0.6 is 0 Å². The number of carbonyl (C=O) groups is 1. The van der Waals surface area contributed by atoms with Crippen LogP contribution < -0.4 is 5.32 Å². The van der Waals surface area contributed by atoms with Crippen molar-refractivity contribution in [2.75, 3.05) is 0 Å². The Labute approximate surface area is 145 Å². The molecule has 1 fully saturated rings. The van der Waals surface area contributed by atoms with Crippen LogP contribution in [-0.4, -0.2) is 21.2 Å². The molecule has 4 nitrogen and oxygen atoms in total. The molecular weight excluding hydrogens is 324 g/mol. The molecule has 0 saturated heterocycles. The summed E-state index contributed by atoms with van der Waals surface area (Å²) in [5.74, 6) is -0.947. The number of amides is 1. The molecule has 1 aromatic heterocycles. The van der Waals surface area contributed by atoms with E-state index < -0.39 is 11.6 Å². The Bertz CT molecular complexity index is 866. The molecule has 1 aromatic carbocycles. The molecule has 1 saturated carbocycles. The summed E-state index contributed by atoms with van der Waals surface area (Å²) < 4.78 is 29.1. The zero-order valence-electron chi connectivity index (χ0n) is 14.6. The lowest BCUT2D eigenvalue weighted by molar-refractivity contribution is 0.0912. The maximum Gasteiger partial charge on any atom is 0.272 e. The third-order valence-electron chi connectivity index (χ3n) is 5.03. The number of nitrogens with one attached hydrogen (secondary N) is 1. The fourth-order valence-electron chi connectivity index (χ4n) is 4.13. The molecule has 0 radical (unpaired) electrons. The summed E-state index contributed by atoms with van der Waals surface area (Å²) in [4.78, 5) is 12.7. The highest BCUT2D eigenvalue weighted by molar-refractivity contribution is 5.95. The van der Waals surface area contributed by atoms with Gasteiger partial charge in [-0.2, -0.15) is 5.10 Å². The van der Waals surface area contributed by atoms with E-state index in [0.717, 1.165) is 36.6 Å². The van der Waals surface area contributed by atoms with Crippen LogP contribution in [0.4, 0.5) is 8.78 Å². The number of hydrogen-bond donors (Lipinski definition) is 1. The van der Waals surface area contributed by atoms with Crippen molar-refractivity contribution >= 4 is 5.91 Å². The Balaban J connectivity index is 1.86. The summed E-state index contributed by atoms with van der Waals surface area (Å²) in [5, 5.41) is 7.40. The van der Waals surface area contributed by atoms with E-state index >= 15 is 0 Å². The van der Waals surface area contributed by atoms with Crippen LogP contribution in [0.5, 0.6) is 0 Å². The SMILES string of the molecule is CC(C)(C)NC(=O)c1nn(-c2ccc(F)cc2F)c2c1[C@@H]1CC[C@H]2C1. The third kappa shape index (κ3) is 2.64. The smallest absolute Gasteiger partial charge is 0.272 e. The first-order valence-corrected chi connectivity index (χ1v) is 8.65. The average molecular weight is 345 g/mol. The second-order valence-electron chi connectivity index (χ2n) is 8.07. The molecule has 2 aromatic rings. The first kappa shape index (κ1) is 16.2. The Morgan fingerprint density at radius 2 is 1.96 bits per heavy atom. The third-order valence-corrected chi connectivity index (χ3v) is 5.03. The molecule has 0 unspecified atom stereocenters. The number of hydrogen-bond acceptors (Lipinski definition) is 2. The lowest BCUT2D eigenvalue weighted by atomic mass is 9.94. The molecule has 4 rings (SSSR count). The van der Waals surface area contributed by atoms with Crippen molar-refractivity contribution in [1.82, 2.24) is 15.1 Å². The van der Waals surface area contributed by atoms with Crippen molar-refractivity contribution in [1.29, 1.82) is 0 Å². The van der Waals surface area contributed by atoms with Gasteiger partial charge in [0.15, 0.2) is 11.5 Å². The number of carbonyl (C=O) groups excluding carboxylic acids is 1. The molecule has 0 aliphatic heterocycles. The molecule has 1 amide bonds. The van der Waals surface area contributed by atoms with E-state index in [1.54, 1.807) is 0 Å². The summed E-state index contributed by atoms with van der Waals surface area (Å²) in [6.07, 6.45) is 3.03. The zero-order valence-corrected chi connectivity index (χ0v) is 14.6. The van der Waals surface area contributed by atoms with Crippen LogP contribution in [0, 0.1) is 11.6 Å². The van der Waals surface area contributed by atoms with Gasteiger partial charge in [-0.05, 0) is 58.1 Å². The predicted octanol–water partition coefficient (Wildman–Crippen LogP) is 4.04. The van der Waals surface area contributed by atoms with Crippen LogP contribution in [0.2, 0.25) is 0 Å². The minimum atomic E-state index is -0.671. The van der Waals surface area contributed by atoms with Gasteiger partial charge in [0.2, 0.25) is 0 Å². The highest BCUT2D eigenvalue weighted by Crippen LogP contribution is 2.54. The monoisotopic (exact) mass is 345 g/mol. The molecule has 132 valence electrons. The minimum Gasteiger partial charge on any atom is -0.346 e. The number of benzene rings is 1. The van der Waals surface area contributed by atoms with Gasteiger partial charge in [0.1, 0.15) is 11.5 Å². The summed E-state index contributed by atoms with van der Waals surface area (Å²) >= 11 is 0. The van der Waals surface area contributed by atoms with E-state index in [2.05, 4.69) is 10.4 Å². The Kier molecular flexibility index (Phi) is 3.49. The molecule has 1 N–H and O–H groups in total. The highest BCUT2D eigenvalue weighted by atomic mass is 19.1. The van der Waals surface area contributed by atoms with Crippen molar-refractivity contribution in [3.63, 3.8) is 0 Å². The molecule has 2 aliphatic rings. The predicted molar refractivity (Wildman–Crippen MR) is 90.0 cm³/mol. The van der Waals surface area contributed by atoms with E-state index in [0.29, 0.717) is 11.6 Å². The second kappa shape index (κ2) is 5.38. The number of nitrogens with zero attached hydrogens (tertiary/aromatic N) is 2. The maximum atomic E-state index is 14.3. The number of rotatable bonds is 2. The number of halogens is 2. The van der Waals surface area contributed by atoms with Crippen LogP contribution in [0.25, 0.3) is 5.69 Å². The Hall–Kier alpha value is -2.24. The molecule has 6 heteroatoms. The molecule has 1 heterocycles. The van der Waals surface area contributed by atoms with Gasteiger partial charge in [0.05, 0.1) is 5.69 Å². The highest BCUT2D eigenvalue weighted by Gasteiger charge is 2.44. The fourth-order valence-corrected chi connectivity index (χ4v) is 4.13. The van der Waals surface area contributed by atoms with E-state index in [-0.39, 0.29) is 23.1 Å². The van der Waals surface area contributed by atoms with Gasteiger partial charge in [-0.1, -0.05) is 0 Å². The van der Waals surface area contributed by atoms with E-state index in [1.165, 1.54) is 16.8 Å². The average Bonchev–Trinajstić information content (AvgIpc) is 3.17. The molecule has 2 atom stereocenters. The number of aromatic nitrogens is 2. The van der Waals surface area contributed by atoms with Gasteiger partial charge in [-0.25, -0.2) is 13.5 Å². The number of fused-ring (bicyclic) bond motifs is 5. The van der Waals surface area contributed by atoms with Gasteiger partial charge in [0.25, 0.3) is 5.91 Å². The molecule has 0 spiro atoms. The molecule has 2 bridgehead atoms. The summed E-state index contributed by atoms with van der Waals surface area (Å²) in [6, 6.07) is 3.45. The van der Waals surface area contributed by atoms with E-state index in [4.69, 9.17) is 0 Å². The molecule has 2 aliphatic carbocycles. The van der Waals surface area contributed by atoms with Gasteiger partial charge < -0.3 is 5.32 Å². The van der Waals surface area contributed by atoms with Crippen LogP contribution in [0.3, 0.4) is 0 Å². The summed E-state index contributed by atoms with van der Waals surface area (Å²) in [6.45, 7) is 5.73. The minimum absolute atomic E-state index is 0.194. The Morgan fingerprint density at radius 3 is 2.64 bits per heavy atom. The maximum absolute atomic E-state index is 14.3. The van der Waals surface area contributed by atoms with Crippen molar-refractivity contribution in [3.8, 4) is 5.69 Å². The molecule has 25 heavy (non-hydrogen) atoms. The van der Waals surface area contributed by atoms with E-state index in [9.17, 15) is 13.6 Å². The summed E-state index contributed by atoms with van der Waals surface area (Å²) in [7, 11) is 0. The second-order valence-corrected chi connectivity index (χ2v) is 8.07. The fraction of sp³-hybridized carbons (Fsp3) is 0.474. The summed E-state index contributed by atoms with van der Waals surface area (Å²) in [5.41, 5.74) is 2.05. The van der Waals surface area contributed by atoms with Crippen molar-refractivity contribution < 1.29 is 13.6 Å². The normalized spacial score (nSPS) is 21.5. The van der Waals surface area contributed by atoms with Gasteiger partial charge in [-0.15, -0.1) is 0 Å². The van der Waals surface area contributed by atoms with Gasteiger partial charge in [-0.3, -0.25) is 4.79 Å². The van der Waals surface area contributed by atoms with Crippen molar-refractivity contribution in [3.05, 3.63) is 46.8 Å². The van der Waals surface area contributed by atoms with Gasteiger partial charge >= 0.3 is 0 Å². The zero-order chi connectivity index (χ0) is 17.9. The standard InChI is InChI=1S/C19H21F2N3O/c1-19(2,3)22-18(25)16-15-10-4-5-11(8-10)17(15)24(23-16)14-7-6-12(20)9-13(14)21/h6-7,9-11H,4-5,8H2,1-3H3,(H,22,25)/t10-,11+/m1/s1. The molecular formula is C19H21F2N3O. The topological polar surface area (TPSA) is 46.9 Å². The van der Waals surface area contributed by atoms with Crippen LogP contribution in [0.1, 0.15) is 73.6 Å². The quantitative estimate of drug-likeness (QED) is 0.893. The Morgan fingerprint density at radius 1 is 1.24 bits per heavy atom. The van der Waals surface area contributed by atoms with Crippen molar-refractivity contribution in [2.45, 2.75) is 57.4 Å². The lowest BCUT2D eigenvalue weighted by Crippen LogP contribution is -2.41. The first-order chi connectivity index (χ1) is 11.7. The van der Waals surface area contributed by atoms with E-state index in [1.807, 2.05) is 20.8 Å². The first-order valence-electron chi connectivity index (χ1n) is 8.65. The van der Waals surface area contributed by atoms with Crippen molar-refractivity contribution in [2.24, 2.45) is 0 Å². The van der Waals surface area contributed by atoms with Crippen LogP contribution in [-0.2, 0) is 0 Å². The largest absolute Gasteiger partial charge is 0.346 e. The van der Waals surface area contributed by atoms with Gasteiger partial charge in [0, 0.05) is 23.1 Å².